The molecule has 1 unspecified atom stereocenters. The second kappa shape index (κ2) is 4.94. The van der Waals surface area contributed by atoms with Crippen LogP contribution in [0.15, 0.2) is 28.7 Å². The largest absolute Gasteiger partial charge is 0.481 e. The van der Waals surface area contributed by atoms with Crippen molar-refractivity contribution in [1.29, 1.82) is 0 Å². The van der Waals surface area contributed by atoms with Crippen LogP contribution >= 0.6 is 15.9 Å². The highest BCUT2D eigenvalue weighted by molar-refractivity contribution is 9.10. The Morgan fingerprint density at radius 2 is 2.24 bits per heavy atom. The fourth-order valence-electron chi connectivity index (χ4n) is 2.61. The van der Waals surface area contributed by atoms with Crippen molar-refractivity contribution in [2.75, 3.05) is 18.0 Å². The van der Waals surface area contributed by atoms with E-state index in [-0.39, 0.29) is 5.82 Å². The average molecular weight is 353 g/mol. The van der Waals surface area contributed by atoms with Crippen LogP contribution in [0, 0.1) is 11.2 Å². The number of halogens is 2. The summed E-state index contributed by atoms with van der Waals surface area (Å²) >= 11 is 3.15. The van der Waals surface area contributed by atoms with Crippen molar-refractivity contribution in [3.05, 3.63) is 34.6 Å². The van der Waals surface area contributed by atoms with Crippen molar-refractivity contribution in [2.45, 2.75) is 13.3 Å². The summed E-state index contributed by atoms with van der Waals surface area (Å²) in [5.41, 5.74) is -0.182. The molecule has 1 aliphatic rings. The quantitative estimate of drug-likeness (QED) is 0.899. The summed E-state index contributed by atoms with van der Waals surface area (Å²) in [7, 11) is 0. The van der Waals surface area contributed by atoms with Crippen molar-refractivity contribution in [3.8, 4) is 0 Å². The van der Waals surface area contributed by atoms with Crippen LogP contribution in [0.4, 0.5) is 10.2 Å². The molecule has 2 aromatic rings. The maximum atomic E-state index is 13.6. The minimum atomic E-state index is -0.791. The maximum Gasteiger partial charge on any atom is 0.311 e. The Morgan fingerprint density at radius 1 is 1.48 bits per heavy atom. The third kappa shape index (κ3) is 2.48. The van der Waals surface area contributed by atoms with Gasteiger partial charge in [0.1, 0.15) is 11.6 Å². The van der Waals surface area contributed by atoms with Crippen molar-refractivity contribution in [3.63, 3.8) is 0 Å². The molecule has 110 valence electrons. The summed E-state index contributed by atoms with van der Waals surface area (Å²) in [5.74, 6) is -0.459. The SMILES string of the molecule is CC1(C(=O)O)CCN(c2ccc3cc(Br)c(F)cc3n2)C1. The van der Waals surface area contributed by atoms with E-state index < -0.39 is 11.4 Å². The smallest absolute Gasteiger partial charge is 0.311 e. The van der Waals surface area contributed by atoms with Gasteiger partial charge in [0.15, 0.2) is 0 Å². The van der Waals surface area contributed by atoms with Gasteiger partial charge in [-0.2, -0.15) is 0 Å². The number of rotatable bonds is 2. The predicted molar refractivity (Wildman–Crippen MR) is 82.0 cm³/mol. The third-order valence-electron chi connectivity index (χ3n) is 4.03. The first kappa shape index (κ1) is 14.3. The number of fused-ring (bicyclic) bond motifs is 1. The molecule has 0 spiro atoms. The molecule has 0 aliphatic carbocycles. The van der Waals surface area contributed by atoms with Crippen LogP contribution in [0.1, 0.15) is 13.3 Å². The highest BCUT2D eigenvalue weighted by Crippen LogP contribution is 2.33. The molecule has 1 aromatic carbocycles. The van der Waals surface area contributed by atoms with Crippen molar-refractivity contribution >= 4 is 38.6 Å². The van der Waals surface area contributed by atoms with E-state index in [0.717, 1.165) is 5.39 Å². The Morgan fingerprint density at radius 3 is 2.90 bits per heavy atom. The Kier molecular flexibility index (Phi) is 3.36. The molecule has 1 aliphatic heterocycles. The van der Waals surface area contributed by atoms with Gasteiger partial charge in [-0.3, -0.25) is 4.79 Å². The van der Waals surface area contributed by atoms with Gasteiger partial charge in [0.2, 0.25) is 0 Å². The number of anilines is 1. The lowest BCUT2D eigenvalue weighted by atomic mass is 9.90. The van der Waals surface area contributed by atoms with E-state index in [1.165, 1.54) is 6.07 Å². The van der Waals surface area contributed by atoms with Crippen LogP contribution in [0.25, 0.3) is 10.9 Å². The zero-order chi connectivity index (χ0) is 15.2. The number of nitrogens with zero attached hydrogens (tertiary/aromatic N) is 2. The van der Waals surface area contributed by atoms with Crippen LogP contribution in [-0.4, -0.2) is 29.1 Å². The first-order chi connectivity index (χ1) is 9.89. The van der Waals surface area contributed by atoms with E-state index in [0.29, 0.717) is 35.3 Å². The fraction of sp³-hybridized carbons (Fsp3) is 0.333. The maximum absolute atomic E-state index is 13.6. The molecule has 21 heavy (non-hydrogen) atoms. The molecular weight excluding hydrogens is 339 g/mol. The standard InChI is InChI=1S/C15H14BrFN2O2/c1-15(14(20)21)4-5-19(8-15)13-3-2-9-6-10(16)11(17)7-12(9)18-13/h2-3,6-7H,4-5,8H2,1H3,(H,20,21). The van der Waals surface area contributed by atoms with E-state index in [4.69, 9.17) is 0 Å². The van der Waals surface area contributed by atoms with Crippen molar-refractivity contribution in [1.82, 2.24) is 4.98 Å². The van der Waals surface area contributed by atoms with Gasteiger partial charge < -0.3 is 10.0 Å². The monoisotopic (exact) mass is 352 g/mol. The molecule has 0 radical (unpaired) electrons. The molecule has 1 fully saturated rings. The number of aromatic nitrogens is 1. The van der Waals surface area contributed by atoms with Crippen molar-refractivity contribution in [2.24, 2.45) is 5.41 Å². The molecule has 1 saturated heterocycles. The Hall–Kier alpha value is -1.69. The Labute approximate surface area is 129 Å². The van der Waals surface area contributed by atoms with Gasteiger partial charge in [-0.25, -0.2) is 9.37 Å². The predicted octanol–water partition coefficient (Wildman–Crippen LogP) is 3.44. The summed E-state index contributed by atoms with van der Waals surface area (Å²) < 4.78 is 14.0. The van der Waals surface area contributed by atoms with Gasteiger partial charge in [0.25, 0.3) is 0 Å². The van der Waals surface area contributed by atoms with Crippen LogP contribution in [0.2, 0.25) is 0 Å². The number of carbonyl (C=O) groups is 1. The number of hydrogen-bond acceptors (Lipinski definition) is 3. The molecule has 0 bridgehead atoms. The number of aliphatic carboxylic acids is 1. The zero-order valence-electron chi connectivity index (χ0n) is 11.4. The van der Waals surface area contributed by atoms with Gasteiger partial charge >= 0.3 is 5.97 Å². The van der Waals surface area contributed by atoms with E-state index in [2.05, 4.69) is 20.9 Å². The zero-order valence-corrected chi connectivity index (χ0v) is 13.0. The van der Waals surface area contributed by atoms with Gasteiger partial charge in [0.05, 0.1) is 15.4 Å². The molecule has 1 aromatic heterocycles. The molecule has 3 rings (SSSR count). The number of carboxylic acid groups (broad SMARTS) is 1. The summed E-state index contributed by atoms with van der Waals surface area (Å²) in [6, 6.07) is 6.79. The molecule has 1 atom stereocenters. The van der Waals surface area contributed by atoms with Gasteiger partial charge in [-0.1, -0.05) is 0 Å². The van der Waals surface area contributed by atoms with Gasteiger partial charge in [-0.15, -0.1) is 0 Å². The molecule has 0 amide bonds. The minimum absolute atomic E-state index is 0.357. The van der Waals surface area contributed by atoms with Crippen molar-refractivity contribution < 1.29 is 14.3 Å². The van der Waals surface area contributed by atoms with Crippen LogP contribution in [0.5, 0.6) is 0 Å². The van der Waals surface area contributed by atoms with Crippen LogP contribution in [0.3, 0.4) is 0 Å². The van der Waals surface area contributed by atoms with E-state index in [1.54, 1.807) is 13.0 Å². The summed E-state index contributed by atoms with van der Waals surface area (Å²) in [6.45, 7) is 2.80. The first-order valence-electron chi connectivity index (χ1n) is 6.63. The second-order valence-corrected chi connectivity index (χ2v) is 6.52. The molecule has 6 heteroatoms. The molecule has 4 nitrogen and oxygen atoms in total. The highest BCUT2D eigenvalue weighted by Gasteiger charge is 2.40. The average Bonchev–Trinajstić information content (AvgIpc) is 2.84. The fourth-order valence-corrected chi connectivity index (χ4v) is 2.98. The Bertz CT molecular complexity index is 737. The van der Waals surface area contributed by atoms with E-state index in [1.807, 2.05) is 17.0 Å². The summed E-state index contributed by atoms with van der Waals surface area (Å²) in [4.78, 5) is 17.7. The molecule has 2 heterocycles. The number of hydrogen-bond donors (Lipinski definition) is 1. The second-order valence-electron chi connectivity index (χ2n) is 5.67. The topological polar surface area (TPSA) is 53.4 Å². The van der Waals surface area contributed by atoms with Crippen LogP contribution < -0.4 is 4.90 Å². The molecule has 0 saturated carbocycles. The van der Waals surface area contributed by atoms with Gasteiger partial charge in [-0.05, 0) is 47.5 Å². The Balaban J connectivity index is 1.95. The third-order valence-corrected chi connectivity index (χ3v) is 4.64. The van der Waals surface area contributed by atoms with Gasteiger partial charge in [0, 0.05) is 24.5 Å². The number of carboxylic acids is 1. The lowest BCUT2D eigenvalue weighted by Gasteiger charge is -2.21. The number of pyridine rings is 1. The minimum Gasteiger partial charge on any atom is -0.481 e. The summed E-state index contributed by atoms with van der Waals surface area (Å²) in [6.07, 6.45) is 0.580. The molecule has 1 N–H and O–H groups in total. The summed E-state index contributed by atoms with van der Waals surface area (Å²) in [5, 5.41) is 10.1. The molecular formula is C15H14BrFN2O2. The number of benzene rings is 1. The lowest BCUT2D eigenvalue weighted by Crippen LogP contribution is -2.31. The first-order valence-corrected chi connectivity index (χ1v) is 7.42. The normalized spacial score (nSPS) is 22.0. The van der Waals surface area contributed by atoms with E-state index in [9.17, 15) is 14.3 Å². The highest BCUT2D eigenvalue weighted by atomic mass is 79.9. The lowest BCUT2D eigenvalue weighted by molar-refractivity contribution is -0.146. The van der Waals surface area contributed by atoms with Crippen LogP contribution in [-0.2, 0) is 4.79 Å². The van der Waals surface area contributed by atoms with E-state index >= 15 is 0 Å².